The van der Waals surface area contributed by atoms with Crippen molar-refractivity contribution in [3.8, 4) is 0 Å². The standard InChI is InChI=1S/C12H19NO3/c1-8(14)10-5-3-4-9(6-10)7-12(2,13)11(15)16/h6,9H,3-5,7,13H2,1-2H3,(H,15,16). The molecule has 1 rings (SSSR count). The Labute approximate surface area is 95.5 Å². The third-order valence-corrected chi connectivity index (χ3v) is 3.08. The molecule has 0 aliphatic heterocycles. The van der Waals surface area contributed by atoms with Crippen LogP contribution in [-0.4, -0.2) is 22.4 Å². The molecule has 1 aliphatic carbocycles. The number of carbonyl (C=O) groups is 2. The first-order valence-electron chi connectivity index (χ1n) is 5.57. The molecule has 3 N–H and O–H groups in total. The van der Waals surface area contributed by atoms with Gasteiger partial charge < -0.3 is 10.8 Å². The van der Waals surface area contributed by atoms with Crippen LogP contribution in [0.3, 0.4) is 0 Å². The Hall–Kier alpha value is -1.16. The Balaban J connectivity index is 2.72. The summed E-state index contributed by atoms with van der Waals surface area (Å²) in [5.41, 5.74) is 5.31. The highest BCUT2D eigenvalue weighted by Gasteiger charge is 2.31. The van der Waals surface area contributed by atoms with Gasteiger partial charge in [-0.2, -0.15) is 0 Å². The number of carboxylic acids is 1. The first kappa shape index (κ1) is 12.9. The molecule has 4 nitrogen and oxygen atoms in total. The summed E-state index contributed by atoms with van der Waals surface area (Å²) in [6.45, 7) is 3.07. The van der Waals surface area contributed by atoms with Crippen LogP contribution in [0.5, 0.6) is 0 Å². The zero-order valence-corrected chi connectivity index (χ0v) is 9.82. The average Bonchev–Trinajstić information content (AvgIpc) is 2.17. The van der Waals surface area contributed by atoms with E-state index < -0.39 is 11.5 Å². The zero-order valence-electron chi connectivity index (χ0n) is 9.82. The maximum Gasteiger partial charge on any atom is 0.323 e. The number of hydrogen-bond donors (Lipinski definition) is 2. The number of ketones is 1. The van der Waals surface area contributed by atoms with Gasteiger partial charge in [-0.05, 0) is 51.0 Å². The summed E-state index contributed by atoms with van der Waals surface area (Å²) in [6, 6.07) is 0. The largest absolute Gasteiger partial charge is 0.480 e. The van der Waals surface area contributed by atoms with Gasteiger partial charge in [0, 0.05) is 0 Å². The maximum absolute atomic E-state index is 11.2. The summed E-state index contributed by atoms with van der Waals surface area (Å²) in [6.07, 6.45) is 4.95. The molecule has 0 aromatic rings. The molecule has 2 unspecified atom stereocenters. The summed E-state index contributed by atoms with van der Waals surface area (Å²) in [5.74, 6) is -0.798. The van der Waals surface area contributed by atoms with E-state index in [1.807, 2.05) is 6.08 Å². The first-order chi connectivity index (χ1) is 7.33. The van der Waals surface area contributed by atoms with Crippen LogP contribution in [-0.2, 0) is 9.59 Å². The minimum absolute atomic E-state index is 0.0822. The quantitative estimate of drug-likeness (QED) is 0.759. The topological polar surface area (TPSA) is 80.4 Å². The Morgan fingerprint density at radius 3 is 2.75 bits per heavy atom. The highest BCUT2D eigenvalue weighted by Crippen LogP contribution is 2.29. The van der Waals surface area contributed by atoms with Crippen LogP contribution in [0.1, 0.15) is 39.5 Å². The van der Waals surface area contributed by atoms with Crippen molar-refractivity contribution < 1.29 is 14.7 Å². The second-order valence-electron chi connectivity index (χ2n) is 4.83. The summed E-state index contributed by atoms with van der Waals surface area (Å²) < 4.78 is 0. The molecule has 0 fully saturated rings. The van der Waals surface area contributed by atoms with Gasteiger partial charge in [0.2, 0.25) is 0 Å². The number of carboxylic acid groups (broad SMARTS) is 1. The fraction of sp³-hybridized carbons (Fsp3) is 0.667. The minimum Gasteiger partial charge on any atom is -0.480 e. The van der Waals surface area contributed by atoms with Gasteiger partial charge in [-0.25, -0.2) is 0 Å². The molecule has 0 spiro atoms. The monoisotopic (exact) mass is 225 g/mol. The van der Waals surface area contributed by atoms with Crippen LogP contribution < -0.4 is 5.73 Å². The third-order valence-electron chi connectivity index (χ3n) is 3.08. The van der Waals surface area contributed by atoms with Gasteiger partial charge in [0.15, 0.2) is 5.78 Å². The lowest BCUT2D eigenvalue weighted by atomic mass is 9.81. The van der Waals surface area contributed by atoms with Gasteiger partial charge in [0.05, 0.1) is 0 Å². The molecule has 1 aliphatic rings. The second kappa shape index (κ2) is 4.78. The minimum atomic E-state index is -1.21. The molecule has 0 bridgehead atoms. The molecule has 0 saturated carbocycles. The van der Waals surface area contributed by atoms with Crippen molar-refractivity contribution in [3.05, 3.63) is 11.6 Å². The number of rotatable bonds is 4. The molecule has 0 aromatic carbocycles. The van der Waals surface area contributed by atoms with E-state index in [9.17, 15) is 9.59 Å². The summed E-state index contributed by atoms with van der Waals surface area (Å²) in [7, 11) is 0. The predicted octanol–water partition coefficient (Wildman–Crippen LogP) is 1.49. The number of aliphatic carboxylic acids is 1. The fourth-order valence-corrected chi connectivity index (χ4v) is 2.09. The van der Waals surface area contributed by atoms with Crippen LogP contribution in [0.25, 0.3) is 0 Å². The molecule has 2 atom stereocenters. The Morgan fingerprint density at radius 2 is 2.25 bits per heavy atom. The predicted molar refractivity (Wildman–Crippen MR) is 61.0 cm³/mol. The van der Waals surface area contributed by atoms with E-state index in [4.69, 9.17) is 10.8 Å². The lowest BCUT2D eigenvalue weighted by molar-refractivity contribution is -0.143. The van der Waals surface area contributed by atoms with Gasteiger partial charge in [0.25, 0.3) is 0 Å². The van der Waals surface area contributed by atoms with E-state index in [2.05, 4.69) is 0 Å². The number of allylic oxidation sites excluding steroid dienone is 2. The fourth-order valence-electron chi connectivity index (χ4n) is 2.09. The second-order valence-corrected chi connectivity index (χ2v) is 4.83. The van der Waals surface area contributed by atoms with Crippen molar-refractivity contribution in [2.75, 3.05) is 0 Å². The molecule has 4 heteroatoms. The van der Waals surface area contributed by atoms with Crippen LogP contribution in [0, 0.1) is 5.92 Å². The van der Waals surface area contributed by atoms with Crippen molar-refractivity contribution in [1.82, 2.24) is 0 Å². The van der Waals surface area contributed by atoms with Crippen molar-refractivity contribution in [2.45, 2.75) is 45.1 Å². The summed E-state index contributed by atoms with van der Waals surface area (Å²) in [5, 5.41) is 8.93. The zero-order chi connectivity index (χ0) is 12.3. The van der Waals surface area contributed by atoms with Crippen molar-refractivity contribution in [2.24, 2.45) is 11.7 Å². The molecule has 0 aromatic heterocycles. The normalized spacial score (nSPS) is 24.4. The van der Waals surface area contributed by atoms with Gasteiger partial charge in [-0.15, -0.1) is 0 Å². The average molecular weight is 225 g/mol. The van der Waals surface area contributed by atoms with Crippen molar-refractivity contribution in [1.29, 1.82) is 0 Å². The van der Waals surface area contributed by atoms with E-state index in [0.717, 1.165) is 24.8 Å². The van der Waals surface area contributed by atoms with E-state index in [1.165, 1.54) is 6.92 Å². The summed E-state index contributed by atoms with van der Waals surface area (Å²) in [4.78, 5) is 22.1. The van der Waals surface area contributed by atoms with E-state index in [0.29, 0.717) is 6.42 Å². The van der Waals surface area contributed by atoms with Gasteiger partial charge in [-0.1, -0.05) is 6.08 Å². The van der Waals surface area contributed by atoms with Crippen molar-refractivity contribution in [3.63, 3.8) is 0 Å². The molecule has 0 amide bonds. The summed E-state index contributed by atoms with van der Waals surface area (Å²) >= 11 is 0. The lowest BCUT2D eigenvalue weighted by Crippen LogP contribution is -2.46. The van der Waals surface area contributed by atoms with E-state index in [1.54, 1.807) is 6.92 Å². The lowest BCUT2D eigenvalue weighted by Gasteiger charge is -2.27. The van der Waals surface area contributed by atoms with Crippen LogP contribution >= 0.6 is 0 Å². The Kier molecular flexibility index (Phi) is 3.86. The molecular weight excluding hydrogens is 206 g/mol. The molecule has 90 valence electrons. The molecule has 0 saturated heterocycles. The first-order valence-corrected chi connectivity index (χ1v) is 5.57. The highest BCUT2D eigenvalue weighted by atomic mass is 16.4. The number of Topliss-reactive ketones (excluding diaryl/α,β-unsaturated/α-hetero) is 1. The SMILES string of the molecule is CC(=O)C1=CC(CC(C)(N)C(=O)O)CCC1. The van der Waals surface area contributed by atoms with E-state index in [-0.39, 0.29) is 11.7 Å². The van der Waals surface area contributed by atoms with Crippen LogP contribution in [0.4, 0.5) is 0 Å². The number of carbonyl (C=O) groups excluding carboxylic acids is 1. The molecule has 0 radical (unpaired) electrons. The van der Waals surface area contributed by atoms with Crippen LogP contribution in [0.2, 0.25) is 0 Å². The van der Waals surface area contributed by atoms with Gasteiger partial charge in [-0.3, -0.25) is 9.59 Å². The maximum atomic E-state index is 11.2. The molecule has 0 heterocycles. The number of nitrogens with two attached hydrogens (primary N) is 1. The van der Waals surface area contributed by atoms with Crippen molar-refractivity contribution >= 4 is 11.8 Å². The van der Waals surface area contributed by atoms with Gasteiger partial charge in [0.1, 0.15) is 5.54 Å². The Bertz CT molecular complexity index is 331. The Morgan fingerprint density at radius 1 is 1.62 bits per heavy atom. The highest BCUT2D eigenvalue weighted by molar-refractivity contribution is 5.93. The van der Waals surface area contributed by atoms with E-state index >= 15 is 0 Å². The third kappa shape index (κ3) is 3.17. The molecule has 16 heavy (non-hydrogen) atoms. The van der Waals surface area contributed by atoms with Gasteiger partial charge >= 0.3 is 5.97 Å². The smallest absolute Gasteiger partial charge is 0.323 e. The van der Waals surface area contributed by atoms with Crippen LogP contribution in [0.15, 0.2) is 11.6 Å². The number of hydrogen-bond acceptors (Lipinski definition) is 3. The molecular formula is C12H19NO3.